The Labute approximate surface area is 111 Å². The number of halogens is 1. The van der Waals surface area contributed by atoms with E-state index < -0.39 is 16.4 Å². The Kier molecular flexibility index (Phi) is 3.51. The molecule has 102 valence electrons. The number of amidine groups is 1. The van der Waals surface area contributed by atoms with Gasteiger partial charge in [0.15, 0.2) is 0 Å². The van der Waals surface area contributed by atoms with Gasteiger partial charge < -0.3 is 10.5 Å². The van der Waals surface area contributed by atoms with Gasteiger partial charge in [0, 0.05) is 12.1 Å². The SMILES string of the molecule is N=C(N)c1ccnnc1Oc1ccc([N+](=O)[O-])c(F)c1. The molecule has 0 unspecified atom stereocenters. The molecule has 0 fully saturated rings. The van der Waals surface area contributed by atoms with Gasteiger partial charge in [0.05, 0.1) is 16.7 Å². The minimum Gasteiger partial charge on any atom is -0.437 e. The van der Waals surface area contributed by atoms with Crippen LogP contribution in [0.1, 0.15) is 5.56 Å². The van der Waals surface area contributed by atoms with Crippen molar-refractivity contribution in [1.82, 2.24) is 10.2 Å². The zero-order valence-electron chi connectivity index (χ0n) is 9.91. The first-order valence-corrected chi connectivity index (χ1v) is 5.27. The minimum absolute atomic E-state index is 0.0175. The van der Waals surface area contributed by atoms with Crippen molar-refractivity contribution < 1.29 is 14.1 Å². The highest BCUT2D eigenvalue weighted by molar-refractivity contribution is 5.96. The molecule has 0 aliphatic rings. The fourth-order valence-corrected chi connectivity index (χ4v) is 1.41. The number of rotatable bonds is 4. The van der Waals surface area contributed by atoms with Crippen LogP contribution in [0.3, 0.4) is 0 Å². The van der Waals surface area contributed by atoms with E-state index in [9.17, 15) is 14.5 Å². The molecule has 3 N–H and O–H groups in total. The van der Waals surface area contributed by atoms with E-state index in [4.69, 9.17) is 15.9 Å². The molecule has 9 heteroatoms. The smallest absolute Gasteiger partial charge is 0.305 e. The van der Waals surface area contributed by atoms with Crippen LogP contribution in [0.2, 0.25) is 0 Å². The summed E-state index contributed by atoms with van der Waals surface area (Å²) in [6.07, 6.45) is 1.32. The van der Waals surface area contributed by atoms with E-state index in [1.807, 2.05) is 0 Å². The van der Waals surface area contributed by atoms with E-state index in [-0.39, 0.29) is 23.0 Å². The van der Waals surface area contributed by atoms with E-state index in [1.165, 1.54) is 18.3 Å². The highest BCUT2D eigenvalue weighted by Gasteiger charge is 2.16. The van der Waals surface area contributed by atoms with Gasteiger partial charge in [-0.05, 0) is 12.1 Å². The molecule has 0 amide bonds. The number of hydrogen-bond donors (Lipinski definition) is 2. The van der Waals surface area contributed by atoms with Crippen molar-refractivity contribution in [1.29, 1.82) is 5.41 Å². The van der Waals surface area contributed by atoms with Crippen molar-refractivity contribution in [2.24, 2.45) is 5.73 Å². The third-order valence-electron chi connectivity index (χ3n) is 2.31. The molecule has 8 nitrogen and oxygen atoms in total. The quantitative estimate of drug-likeness (QED) is 0.378. The fraction of sp³-hybridized carbons (Fsp3) is 0. The van der Waals surface area contributed by atoms with Crippen LogP contribution >= 0.6 is 0 Å². The van der Waals surface area contributed by atoms with Crippen molar-refractivity contribution in [3.05, 3.63) is 52.0 Å². The van der Waals surface area contributed by atoms with Gasteiger partial charge in [0.1, 0.15) is 11.6 Å². The highest BCUT2D eigenvalue weighted by Crippen LogP contribution is 2.26. The molecule has 0 radical (unpaired) electrons. The molecule has 0 saturated carbocycles. The second-order valence-electron chi connectivity index (χ2n) is 3.64. The maximum atomic E-state index is 13.4. The molecule has 2 rings (SSSR count). The van der Waals surface area contributed by atoms with E-state index in [2.05, 4.69) is 10.2 Å². The van der Waals surface area contributed by atoms with Gasteiger partial charge in [0.2, 0.25) is 11.7 Å². The average molecular weight is 277 g/mol. The number of nitrogens with zero attached hydrogens (tertiary/aromatic N) is 3. The molecule has 0 atom stereocenters. The van der Waals surface area contributed by atoms with E-state index in [1.54, 1.807) is 0 Å². The Bertz CT molecular complexity index is 692. The third-order valence-corrected chi connectivity index (χ3v) is 2.31. The number of hydrogen-bond acceptors (Lipinski definition) is 6. The zero-order chi connectivity index (χ0) is 14.7. The molecule has 1 heterocycles. The topological polar surface area (TPSA) is 128 Å². The van der Waals surface area contributed by atoms with Crippen molar-refractivity contribution in [3.63, 3.8) is 0 Å². The summed E-state index contributed by atoms with van der Waals surface area (Å²) in [5.41, 5.74) is 4.85. The number of benzene rings is 1. The second kappa shape index (κ2) is 5.26. The maximum Gasteiger partial charge on any atom is 0.305 e. The summed E-state index contributed by atoms with van der Waals surface area (Å²) in [4.78, 5) is 9.65. The first-order chi connectivity index (χ1) is 9.49. The summed E-state index contributed by atoms with van der Waals surface area (Å²) in [7, 11) is 0. The first kappa shape index (κ1) is 13.3. The molecular weight excluding hydrogens is 269 g/mol. The molecule has 0 aliphatic carbocycles. The van der Waals surface area contributed by atoms with E-state index in [0.717, 1.165) is 12.1 Å². The lowest BCUT2D eigenvalue weighted by molar-refractivity contribution is -0.387. The number of aromatic nitrogens is 2. The number of nitrogens with one attached hydrogen (secondary N) is 1. The van der Waals surface area contributed by atoms with E-state index in [0.29, 0.717) is 0 Å². The van der Waals surface area contributed by atoms with Gasteiger partial charge in [-0.25, -0.2) is 0 Å². The van der Waals surface area contributed by atoms with Crippen LogP contribution < -0.4 is 10.5 Å². The highest BCUT2D eigenvalue weighted by atomic mass is 19.1. The number of nitrogen functional groups attached to an aromatic ring is 1. The molecule has 1 aromatic carbocycles. The van der Waals surface area contributed by atoms with Crippen LogP contribution in [-0.4, -0.2) is 21.0 Å². The fourth-order valence-electron chi connectivity index (χ4n) is 1.41. The van der Waals surface area contributed by atoms with Crippen molar-refractivity contribution in [3.8, 4) is 11.6 Å². The lowest BCUT2D eigenvalue weighted by atomic mass is 10.2. The maximum absolute atomic E-state index is 13.4. The average Bonchev–Trinajstić information content (AvgIpc) is 2.38. The molecular formula is C11H8FN5O3. The number of nitrogens with two attached hydrogens (primary N) is 1. The first-order valence-electron chi connectivity index (χ1n) is 5.27. The Balaban J connectivity index is 2.34. The summed E-state index contributed by atoms with van der Waals surface area (Å²) < 4.78 is 18.7. The van der Waals surface area contributed by atoms with Crippen molar-refractivity contribution >= 4 is 11.5 Å². The van der Waals surface area contributed by atoms with Crippen LogP contribution in [-0.2, 0) is 0 Å². The lowest BCUT2D eigenvalue weighted by Gasteiger charge is -2.07. The largest absolute Gasteiger partial charge is 0.437 e. The van der Waals surface area contributed by atoms with E-state index >= 15 is 0 Å². The van der Waals surface area contributed by atoms with Gasteiger partial charge >= 0.3 is 5.69 Å². The Morgan fingerprint density at radius 1 is 1.45 bits per heavy atom. The van der Waals surface area contributed by atoms with Gasteiger partial charge in [-0.15, -0.1) is 5.10 Å². The normalized spacial score (nSPS) is 10.1. The number of nitro groups is 1. The monoisotopic (exact) mass is 277 g/mol. The molecule has 2 aromatic rings. The van der Waals surface area contributed by atoms with Gasteiger partial charge in [-0.3, -0.25) is 15.5 Å². The predicted octanol–water partition coefficient (Wildman–Crippen LogP) is 1.60. The van der Waals surface area contributed by atoms with Gasteiger partial charge in [0.25, 0.3) is 0 Å². The second-order valence-corrected chi connectivity index (χ2v) is 3.64. The van der Waals surface area contributed by atoms with Crippen LogP contribution in [0.15, 0.2) is 30.5 Å². The summed E-state index contributed by atoms with van der Waals surface area (Å²) in [6, 6.07) is 4.43. The predicted molar refractivity (Wildman–Crippen MR) is 66.2 cm³/mol. The Hall–Kier alpha value is -3.10. The summed E-state index contributed by atoms with van der Waals surface area (Å²) in [5, 5.41) is 25.0. The molecule has 20 heavy (non-hydrogen) atoms. The van der Waals surface area contributed by atoms with Gasteiger partial charge in [-0.1, -0.05) is 0 Å². The summed E-state index contributed by atoms with van der Waals surface area (Å²) >= 11 is 0. The van der Waals surface area contributed by atoms with Crippen LogP contribution in [0, 0.1) is 21.3 Å². The minimum atomic E-state index is -1.04. The van der Waals surface area contributed by atoms with Gasteiger partial charge in [-0.2, -0.15) is 9.49 Å². The Morgan fingerprint density at radius 3 is 2.80 bits per heavy atom. The molecule has 0 aliphatic heterocycles. The molecule has 0 bridgehead atoms. The standard InChI is InChI=1S/C11H8FN5O3/c12-8-5-6(1-2-9(8)17(18)19)20-11-7(10(13)14)3-4-15-16-11/h1-5H,(H3,13,14). The lowest BCUT2D eigenvalue weighted by Crippen LogP contribution is -2.13. The zero-order valence-corrected chi connectivity index (χ0v) is 9.91. The third kappa shape index (κ3) is 2.66. The Morgan fingerprint density at radius 2 is 2.20 bits per heavy atom. The molecule has 1 aromatic heterocycles. The van der Waals surface area contributed by atoms with Crippen LogP contribution in [0.25, 0.3) is 0 Å². The van der Waals surface area contributed by atoms with Crippen LogP contribution in [0.5, 0.6) is 11.6 Å². The number of nitro benzene ring substituents is 1. The van der Waals surface area contributed by atoms with Crippen LogP contribution in [0.4, 0.5) is 10.1 Å². The summed E-state index contributed by atoms with van der Waals surface area (Å²) in [5.74, 6) is -1.44. The molecule has 0 spiro atoms. The molecule has 0 saturated heterocycles. The summed E-state index contributed by atoms with van der Waals surface area (Å²) in [6.45, 7) is 0. The number of ether oxygens (including phenoxy) is 1. The van der Waals surface area contributed by atoms with Crippen molar-refractivity contribution in [2.75, 3.05) is 0 Å². The van der Waals surface area contributed by atoms with Crippen molar-refractivity contribution in [2.45, 2.75) is 0 Å².